The highest BCUT2D eigenvalue weighted by atomic mass is 127. The van der Waals surface area contributed by atoms with Crippen LogP contribution in [0.25, 0.3) is 0 Å². The van der Waals surface area contributed by atoms with Crippen LogP contribution in [0.4, 0.5) is 0 Å². The average Bonchev–Trinajstić information content (AvgIpc) is 3.40. The second-order valence-electron chi connectivity index (χ2n) is 7.76. The number of methoxy groups -OCH3 is 1. The standard InChI is InChI=1S/C20H33N3O2.HI/c1-20(2,3)18(24-5)13-23-19(21-4)22-12-16-8-6-7-9-17(16)25-14-15-10-11-15;/h6-9,15,18H,10-14H2,1-5H3,(H2,21,22,23);1H. The van der Waals surface area contributed by atoms with Crippen molar-refractivity contribution in [1.29, 1.82) is 0 Å². The van der Waals surface area contributed by atoms with Crippen LogP contribution in [-0.2, 0) is 11.3 Å². The molecule has 1 aromatic carbocycles. The van der Waals surface area contributed by atoms with Gasteiger partial charge in [-0.15, -0.1) is 24.0 Å². The van der Waals surface area contributed by atoms with E-state index in [-0.39, 0.29) is 35.5 Å². The fraction of sp³-hybridized carbons (Fsp3) is 0.650. The van der Waals surface area contributed by atoms with E-state index in [0.29, 0.717) is 13.1 Å². The number of rotatable bonds is 8. The molecule has 1 aliphatic carbocycles. The van der Waals surface area contributed by atoms with Gasteiger partial charge in [0.1, 0.15) is 5.75 Å². The van der Waals surface area contributed by atoms with Crippen molar-refractivity contribution < 1.29 is 9.47 Å². The van der Waals surface area contributed by atoms with Crippen LogP contribution in [0.3, 0.4) is 0 Å². The predicted molar refractivity (Wildman–Crippen MR) is 119 cm³/mol. The average molecular weight is 475 g/mol. The van der Waals surface area contributed by atoms with Gasteiger partial charge in [-0.2, -0.15) is 0 Å². The van der Waals surface area contributed by atoms with Crippen molar-refractivity contribution in [2.45, 2.75) is 46.3 Å². The molecule has 1 aliphatic rings. The molecule has 0 bridgehead atoms. The molecule has 2 rings (SSSR count). The van der Waals surface area contributed by atoms with Crippen molar-refractivity contribution in [3.63, 3.8) is 0 Å². The van der Waals surface area contributed by atoms with Crippen molar-refractivity contribution in [3.8, 4) is 5.75 Å². The molecule has 1 fully saturated rings. The number of hydrogen-bond donors (Lipinski definition) is 2. The monoisotopic (exact) mass is 475 g/mol. The van der Waals surface area contributed by atoms with Gasteiger partial charge in [-0.1, -0.05) is 39.0 Å². The lowest BCUT2D eigenvalue weighted by Gasteiger charge is -2.30. The number of para-hydroxylation sites is 1. The number of benzene rings is 1. The quantitative estimate of drug-likeness (QED) is 0.341. The summed E-state index contributed by atoms with van der Waals surface area (Å²) in [7, 11) is 3.53. The predicted octanol–water partition coefficient (Wildman–Crippen LogP) is 3.82. The minimum absolute atomic E-state index is 0. The molecular formula is C20H34IN3O2. The Kier molecular flexibility index (Phi) is 9.71. The lowest BCUT2D eigenvalue weighted by Crippen LogP contribution is -2.45. The fourth-order valence-corrected chi connectivity index (χ4v) is 2.61. The molecule has 0 amide bonds. The Balaban J connectivity index is 0.00000338. The van der Waals surface area contributed by atoms with Crippen LogP contribution in [0.2, 0.25) is 0 Å². The molecule has 0 radical (unpaired) electrons. The Labute approximate surface area is 175 Å². The summed E-state index contributed by atoms with van der Waals surface area (Å²) in [5.41, 5.74) is 1.22. The SMILES string of the molecule is CN=C(NCc1ccccc1OCC1CC1)NCC(OC)C(C)(C)C.I. The summed E-state index contributed by atoms with van der Waals surface area (Å²) in [6.07, 6.45) is 2.71. The molecule has 148 valence electrons. The minimum atomic E-state index is 0. The number of ether oxygens (including phenoxy) is 2. The number of guanidine groups is 1. The third-order valence-electron chi connectivity index (χ3n) is 4.52. The third kappa shape index (κ3) is 7.70. The lowest BCUT2D eigenvalue weighted by molar-refractivity contribution is 0.0205. The highest BCUT2D eigenvalue weighted by Gasteiger charge is 2.24. The molecule has 1 unspecified atom stereocenters. The van der Waals surface area contributed by atoms with Crippen molar-refractivity contribution >= 4 is 29.9 Å². The highest BCUT2D eigenvalue weighted by Crippen LogP contribution is 2.30. The summed E-state index contributed by atoms with van der Waals surface area (Å²) in [5.74, 6) is 2.48. The molecule has 0 aliphatic heterocycles. The largest absolute Gasteiger partial charge is 0.493 e. The number of nitrogens with one attached hydrogen (secondary N) is 2. The molecule has 5 nitrogen and oxygen atoms in total. The lowest BCUT2D eigenvalue weighted by atomic mass is 9.89. The Morgan fingerprint density at radius 1 is 1.23 bits per heavy atom. The maximum atomic E-state index is 5.97. The summed E-state index contributed by atoms with van der Waals surface area (Å²) in [4.78, 5) is 4.30. The molecule has 0 aromatic heterocycles. The van der Waals surface area contributed by atoms with Crippen LogP contribution in [-0.4, -0.2) is 39.4 Å². The van der Waals surface area contributed by atoms with E-state index in [1.807, 2.05) is 18.2 Å². The molecule has 1 atom stereocenters. The van der Waals surface area contributed by atoms with Crippen molar-refractivity contribution in [2.75, 3.05) is 27.3 Å². The second-order valence-corrected chi connectivity index (χ2v) is 7.76. The molecule has 6 heteroatoms. The van der Waals surface area contributed by atoms with Gasteiger partial charge < -0.3 is 20.1 Å². The van der Waals surface area contributed by atoms with Gasteiger partial charge in [-0.25, -0.2) is 0 Å². The smallest absolute Gasteiger partial charge is 0.191 e. The van der Waals surface area contributed by atoms with Crippen LogP contribution in [0, 0.1) is 11.3 Å². The first kappa shape index (κ1) is 23.0. The first-order valence-corrected chi connectivity index (χ1v) is 9.12. The van der Waals surface area contributed by atoms with E-state index in [1.54, 1.807) is 14.2 Å². The Morgan fingerprint density at radius 2 is 1.92 bits per heavy atom. The van der Waals surface area contributed by atoms with E-state index < -0.39 is 0 Å². The van der Waals surface area contributed by atoms with Gasteiger partial charge >= 0.3 is 0 Å². The van der Waals surface area contributed by atoms with E-state index in [1.165, 1.54) is 12.8 Å². The van der Waals surface area contributed by atoms with E-state index in [0.717, 1.165) is 29.8 Å². The van der Waals surface area contributed by atoms with Gasteiger partial charge in [0.2, 0.25) is 0 Å². The van der Waals surface area contributed by atoms with Gasteiger partial charge in [0.05, 0.1) is 12.7 Å². The Bertz CT molecular complexity index is 568. The van der Waals surface area contributed by atoms with Crippen LogP contribution >= 0.6 is 24.0 Å². The van der Waals surface area contributed by atoms with Gasteiger partial charge in [0, 0.05) is 32.8 Å². The zero-order valence-electron chi connectivity index (χ0n) is 16.7. The summed E-state index contributed by atoms with van der Waals surface area (Å²) >= 11 is 0. The number of hydrogen-bond acceptors (Lipinski definition) is 3. The topological polar surface area (TPSA) is 54.9 Å². The molecular weight excluding hydrogens is 441 g/mol. The Hall–Kier alpha value is -1.02. The zero-order chi connectivity index (χ0) is 18.3. The van der Waals surface area contributed by atoms with E-state index in [4.69, 9.17) is 9.47 Å². The summed E-state index contributed by atoms with van der Waals surface area (Å²) in [6, 6.07) is 8.19. The molecule has 1 saturated carbocycles. The van der Waals surface area contributed by atoms with E-state index in [2.05, 4.69) is 42.5 Å². The maximum absolute atomic E-state index is 5.97. The second kappa shape index (κ2) is 11.0. The van der Waals surface area contributed by atoms with Gasteiger partial charge in [0.25, 0.3) is 0 Å². The molecule has 0 heterocycles. The van der Waals surface area contributed by atoms with E-state index in [9.17, 15) is 0 Å². The summed E-state index contributed by atoms with van der Waals surface area (Å²) in [5, 5.41) is 6.71. The molecule has 0 spiro atoms. The Morgan fingerprint density at radius 3 is 2.50 bits per heavy atom. The number of halogens is 1. The minimum Gasteiger partial charge on any atom is -0.493 e. The van der Waals surface area contributed by atoms with Crippen molar-refractivity contribution in [2.24, 2.45) is 16.3 Å². The van der Waals surface area contributed by atoms with Crippen LogP contribution in [0.5, 0.6) is 5.75 Å². The van der Waals surface area contributed by atoms with Crippen molar-refractivity contribution in [1.82, 2.24) is 10.6 Å². The van der Waals surface area contributed by atoms with Crippen LogP contribution in [0.15, 0.2) is 29.3 Å². The van der Waals surface area contributed by atoms with E-state index >= 15 is 0 Å². The zero-order valence-corrected chi connectivity index (χ0v) is 19.0. The first-order valence-electron chi connectivity index (χ1n) is 9.12. The number of aliphatic imine (C=N–C) groups is 1. The molecule has 0 saturated heterocycles. The molecule has 2 N–H and O–H groups in total. The molecule has 1 aromatic rings. The first-order chi connectivity index (χ1) is 11.9. The summed E-state index contributed by atoms with van der Waals surface area (Å²) in [6.45, 7) is 8.73. The highest BCUT2D eigenvalue weighted by molar-refractivity contribution is 14.0. The van der Waals surface area contributed by atoms with Crippen molar-refractivity contribution in [3.05, 3.63) is 29.8 Å². The molecule has 26 heavy (non-hydrogen) atoms. The maximum Gasteiger partial charge on any atom is 0.191 e. The van der Waals surface area contributed by atoms with Crippen LogP contribution < -0.4 is 15.4 Å². The third-order valence-corrected chi connectivity index (χ3v) is 4.52. The fourth-order valence-electron chi connectivity index (χ4n) is 2.61. The summed E-state index contributed by atoms with van der Waals surface area (Å²) < 4.78 is 11.6. The normalized spacial score (nSPS) is 15.8. The number of nitrogens with zero attached hydrogens (tertiary/aromatic N) is 1. The van der Waals surface area contributed by atoms with Crippen LogP contribution in [0.1, 0.15) is 39.2 Å². The van der Waals surface area contributed by atoms with Gasteiger partial charge in [-0.05, 0) is 30.2 Å². The van der Waals surface area contributed by atoms with Gasteiger partial charge in [0.15, 0.2) is 5.96 Å². The van der Waals surface area contributed by atoms with Gasteiger partial charge in [-0.3, -0.25) is 4.99 Å².